The number of hydrogen-bond donors (Lipinski definition) is 2. The van der Waals surface area contributed by atoms with Gasteiger partial charge in [0, 0.05) is 17.0 Å². The zero-order valence-corrected chi connectivity index (χ0v) is 21.9. The maximum Gasteiger partial charge on any atom is 0.442 e. The van der Waals surface area contributed by atoms with Crippen LogP contribution in [0, 0.1) is 11.3 Å². The molecule has 1 aliphatic carbocycles. The number of fused-ring (bicyclic) bond motifs is 1. The van der Waals surface area contributed by atoms with Crippen molar-refractivity contribution < 1.29 is 18.7 Å². The van der Waals surface area contributed by atoms with Crippen molar-refractivity contribution in [2.45, 2.75) is 42.4 Å². The van der Waals surface area contributed by atoms with E-state index in [1.165, 1.54) is 21.6 Å². The molecular formula is C27H25N4O4S2+. The molecule has 0 saturated heterocycles. The van der Waals surface area contributed by atoms with Crippen LogP contribution in [0.25, 0.3) is 5.69 Å². The number of methoxy groups -OCH3 is 1. The van der Waals surface area contributed by atoms with Crippen LogP contribution >= 0.6 is 23.1 Å². The van der Waals surface area contributed by atoms with Gasteiger partial charge in [0.1, 0.15) is 16.8 Å². The second-order valence-corrected chi connectivity index (χ2v) is 11.2. The predicted molar refractivity (Wildman–Crippen MR) is 142 cm³/mol. The summed E-state index contributed by atoms with van der Waals surface area (Å²) in [6.45, 7) is 1.72. The molecule has 0 bridgehead atoms. The first-order valence-corrected chi connectivity index (χ1v) is 13.5. The Bertz CT molecular complexity index is 1520. The SMILES string of the molecule is COc1ccc(-[n+]2[nH]oc(=O)c2SC(C)C(=O)Nc2sc3c(c2C#N)CCC(c2ccccc2)C3)cc1. The van der Waals surface area contributed by atoms with E-state index < -0.39 is 10.9 Å². The van der Waals surface area contributed by atoms with Crippen LogP contribution in [0.4, 0.5) is 5.00 Å². The fourth-order valence-electron chi connectivity index (χ4n) is 4.50. The summed E-state index contributed by atoms with van der Waals surface area (Å²) in [7, 11) is 1.58. The van der Waals surface area contributed by atoms with Gasteiger partial charge in [-0.15, -0.1) is 11.3 Å². The van der Waals surface area contributed by atoms with Gasteiger partial charge in [-0.3, -0.25) is 9.32 Å². The van der Waals surface area contributed by atoms with Crippen molar-refractivity contribution in [1.82, 2.24) is 5.27 Å². The molecule has 2 unspecified atom stereocenters. The van der Waals surface area contributed by atoms with Crippen LogP contribution in [0.1, 0.15) is 40.8 Å². The molecule has 0 fully saturated rings. The Balaban J connectivity index is 1.32. The first-order chi connectivity index (χ1) is 18.0. The number of amides is 1. The van der Waals surface area contributed by atoms with Crippen molar-refractivity contribution in [3.05, 3.63) is 86.6 Å². The highest BCUT2D eigenvalue weighted by atomic mass is 32.2. The minimum absolute atomic E-state index is 0.240. The summed E-state index contributed by atoms with van der Waals surface area (Å²) in [5.41, 5.74) is 2.97. The third kappa shape index (κ3) is 5.05. The summed E-state index contributed by atoms with van der Waals surface area (Å²) in [6, 6.07) is 19.8. The molecule has 0 radical (unpaired) electrons. The molecular weight excluding hydrogens is 508 g/mol. The smallest absolute Gasteiger partial charge is 0.442 e. The fourth-order valence-corrected chi connectivity index (χ4v) is 6.67. The number of H-pyrrole nitrogens is 1. The van der Waals surface area contributed by atoms with Gasteiger partial charge in [0.2, 0.25) is 11.6 Å². The number of hydrogen-bond acceptors (Lipinski definition) is 7. The normalized spacial score (nSPS) is 15.4. The lowest BCUT2D eigenvalue weighted by atomic mass is 9.83. The van der Waals surface area contributed by atoms with Crippen LogP contribution in [-0.2, 0) is 17.6 Å². The predicted octanol–water partition coefficient (Wildman–Crippen LogP) is 4.58. The van der Waals surface area contributed by atoms with Gasteiger partial charge in [-0.05, 0) is 77.1 Å². The zero-order chi connectivity index (χ0) is 25.9. The molecule has 2 atom stereocenters. The lowest BCUT2D eigenvalue weighted by Gasteiger charge is -2.22. The largest absolute Gasteiger partial charge is 0.497 e. The first-order valence-electron chi connectivity index (χ1n) is 11.8. The molecule has 4 aromatic rings. The molecule has 2 aromatic heterocycles. The number of nitriles is 1. The Kier molecular flexibility index (Phi) is 7.17. The number of thioether (sulfide) groups is 1. The summed E-state index contributed by atoms with van der Waals surface area (Å²) >= 11 is 2.56. The van der Waals surface area contributed by atoms with Crippen LogP contribution in [-0.4, -0.2) is 23.5 Å². The number of benzene rings is 2. The Morgan fingerprint density at radius 2 is 2.03 bits per heavy atom. The summed E-state index contributed by atoms with van der Waals surface area (Å²) in [5.74, 6) is 0.791. The highest BCUT2D eigenvalue weighted by molar-refractivity contribution is 8.00. The van der Waals surface area contributed by atoms with Gasteiger partial charge >= 0.3 is 10.7 Å². The molecule has 2 heterocycles. The average Bonchev–Trinajstić information content (AvgIpc) is 3.47. The Hall–Kier alpha value is -3.81. The molecule has 5 rings (SSSR count). The molecule has 188 valence electrons. The van der Waals surface area contributed by atoms with Crippen molar-refractivity contribution in [3.63, 3.8) is 0 Å². The first kappa shape index (κ1) is 24.9. The number of nitrogens with one attached hydrogen (secondary N) is 2. The molecule has 0 saturated carbocycles. The van der Waals surface area contributed by atoms with E-state index in [1.54, 1.807) is 38.3 Å². The second-order valence-electron chi connectivity index (χ2n) is 8.74. The van der Waals surface area contributed by atoms with Gasteiger partial charge in [0.15, 0.2) is 0 Å². The number of ether oxygens (including phenoxy) is 1. The number of anilines is 1. The Morgan fingerprint density at radius 1 is 1.27 bits per heavy atom. The van der Waals surface area contributed by atoms with Gasteiger partial charge in [-0.1, -0.05) is 30.3 Å². The fraction of sp³-hybridized carbons (Fsp3) is 0.259. The van der Waals surface area contributed by atoms with E-state index in [9.17, 15) is 14.9 Å². The number of thiophene rings is 1. The zero-order valence-electron chi connectivity index (χ0n) is 20.3. The number of carbonyl (C=O) groups is 1. The van der Waals surface area contributed by atoms with E-state index in [0.717, 1.165) is 41.5 Å². The lowest BCUT2D eigenvalue weighted by molar-refractivity contribution is -0.704. The summed E-state index contributed by atoms with van der Waals surface area (Å²) in [5, 5.41) is 15.6. The third-order valence-electron chi connectivity index (χ3n) is 6.48. The number of aromatic amines is 1. The molecule has 1 amide bonds. The second kappa shape index (κ2) is 10.7. The quantitative estimate of drug-likeness (QED) is 0.266. The number of carbonyl (C=O) groups excluding carboxylic acids is 1. The topological polar surface area (TPSA) is 112 Å². The van der Waals surface area contributed by atoms with Crippen molar-refractivity contribution >= 4 is 34.0 Å². The maximum absolute atomic E-state index is 13.1. The maximum atomic E-state index is 13.1. The highest BCUT2D eigenvalue weighted by Gasteiger charge is 2.31. The molecule has 0 aliphatic heterocycles. The van der Waals surface area contributed by atoms with Crippen LogP contribution in [0.5, 0.6) is 5.75 Å². The molecule has 0 spiro atoms. The van der Waals surface area contributed by atoms with E-state index in [4.69, 9.17) is 9.26 Å². The Morgan fingerprint density at radius 3 is 2.73 bits per heavy atom. The summed E-state index contributed by atoms with van der Waals surface area (Å²) in [6.07, 6.45) is 2.63. The standard InChI is InChI=1S/C27H24N4O4S2/c1-16(36-26-27(33)35-30-31(26)19-9-11-20(34-2)12-10-19)24(32)29-25-22(15-28)21-13-8-18(14-23(21)37-25)17-6-4-3-5-7-17/h3-7,9-12,16,18H,8,13-14H2,1-2H3,(H-,29,30,32,33)/p+1. The van der Waals surface area contributed by atoms with Gasteiger partial charge in [0.25, 0.3) is 0 Å². The summed E-state index contributed by atoms with van der Waals surface area (Å²) < 4.78 is 11.7. The van der Waals surface area contributed by atoms with Gasteiger partial charge in [-0.25, -0.2) is 4.79 Å². The van der Waals surface area contributed by atoms with Crippen LogP contribution in [0.3, 0.4) is 0 Å². The van der Waals surface area contributed by atoms with Crippen molar-refractivity contribution in [3.8, 4) is 17.5 Å². The molecule has 1 aliphatic rings. The van der Waals surface area contributed by atoms with Crippen molar-refractivity contribution in [1.29, 1.82) is 5.26 Å². The monoisotopic (exact) mass is 533 g/mol. The van der Waals surface area contributed by atoms with Gasteiger partial charge < -0.3 is 10.1 Å². The number of rotatable bonds is 7. The molecule has 2 N–H and O–H groups in total. The van der Waals surface area contributed by atoms with Crippen LogP contribution in [0.15, 0.2) is 68.9 Å². The number of nitrogens with zero attached hydrogens (tertiary/aromatic N) is 2. The minimum atomic E-state index is -0.620. The summed E-state index contributed by atoms with van der Waals surface area (Å²) in [4.78, 5) is 26.7. The Labute approximate surface area is 221 Å². The highest BCUT2D eigenvalue weighted by Crippen LogP contribution is 2.42. The molecule has 8 nitrogen and oxygen atoms in total. The average molecular weight is 534 g/mol. The lowest BCUT2D eigenvalue weighted by Crippen LogP contribution is -2.37. The third-order valence-corrected chi connectivity index (χ3v) is 8.79. The minimum Gasteiger partial charge on any atom is -0.497 e. The number of aromatic nitrogens is 2. The van der Waals surface area contributed by atoms with E-state index in [0.29, 0.717) is 27.9 Å². The van der Waals surface area contributed by atoms with E-state index in [1.807, 2.05) is 18.2 Å². The van der Waals surface area contributed by atoms with Crippen LogP contribution in [0.2, 0.25) is 0 Å². The van der Waals surface area contributed by atoms with E-state index in [2.05, 4.69) is 28.8 Å². The van der Waals surface area contributed by atoms with E-state index in [-0.39, 0.29) is 10.9 Å². The van der Waals surface area contributed by atoms with Crippen molar-refractivity contribution in [2.75, 3.05) is 12.4 Å². The molecule has 10 heteroatoms. The molecule has 2 aromatic carbocycles. The molecule has 37 heavy (non-hydrogen) atoms. The van der Waals surface area contributed by atoms with E-state index >= 15 is 0 Å². The van der Waals surface area contributed by atoms with Crippen molar-refractivity contribution in [2.24, 2.45) is 0 Å². The van der Waals surface area contributed by atoms with Gasteiger partial charge in [-0.2, -0.15) is 5.26 Å². The van der Waals surface area contributed by atoms with Gasteiger partial charge in [0.05, 0.1) is 17.9 Å². The van der Waals surface area contributed by atoms with Crippen LogP contribution < -0.4 is 20.4 Å².